The smallest absolute Gasteiger partial charge is 0.317 e. The van der Waals surface area contributed by atoms with Crippen LogP contribution in [0.1, 0.15) is 37.8 Å². The molecule has 0 aliphatic carbocycles. The summed E-state index contributed by atoms with van der Waals surface area (Å²) >= 11 is 0. The minimum atomic E-state index is -0.252. The van der Waals surface area contributed by atoms with Gasteiger partial charge in [0.05, 0.1) is 5.92 Å². The van der Waals surface area contributed by atoms with Gasteiger partial charge in [-0.1, -0.05) is 44.2 Å². The number of carbonyl (C=O) groups excluding carboxylic acids is 1. The maximum absolute atomic E-state index is 12.1. The second-order valence-corrected chi connectivity index (χ2v) is 6.04. The lowest BCUT2D eigenvalue weighted by Gasteiger charge is -2.11. The molecule has 0 saturated carbocycles. The first-order valence-corrected chi connectivity index (χ1v) is 7.76. The second-order valence-electron chi connectivity index (χ2n) is 6.04. The molecule has 0 spiro atoms. The van der Waals surface area contributed by atoms with Gasteiger partial charge in [0.2, 0.25) is 0 Å². The first kappa shape index (κ1) is 16.2. The molecule has 116 valence electrons. The molecule has 1 heterocycles. The van der Waals surface area contributed by atoms with Gasteiger partial charge < -0.3 is 4.74 Å². The molecule has 2 rings (SSSR count). The van der Waals surface area contributed by atoms with Crippen LogP contribution in [0.5, 0.6) is 0 Å². The lowest BCUT2D eigenvalue weighted by molar-refractivity contribution is -0.727. The fourth-order valence-electron chi connectivity index (χ4n) is 2.33. The van der Waals surface area contributed by atoms with Crippen molar-refractivity contribution in [3.05, 3.63) is 66.0 Å². The summed E-state index contributed by atoms with van der Waals surface area (Å²) in [6, 6.07) is 14.0. The molecule has 0 amide bonds. The van der Waals surface area contributed by atoms with Gasteiger partial charge in [0.1, 0.15) is 0 Å². The van der Waals surface area contributed by atoms with Gasteiger partial charge in [0.25, 0.3) is 6.73 Å². The number of hydrogen-bond acceptors (Lipinski definition) is 2. The molecule has 0 saturated heterocycles. The van der Waals surface area contributed by atoms with Crippen molar-refractivity contribution in [3.8, 4) is 0 Å². The maximum atomic E-state index is 12.1. The summed E-state index contributed by atoms with van der Waals surface area (Å²) in [5, 5.41) is 0. The zero-order valence-corrected chi connectivity index (χ0v) is 13.5. The Hall–Kier alpha value is -2.16. The summed E-state index contributed by atoms with van der Waals surface area (Å²) in [5.74, 6) is 0.182. The third-order valence-electron chi connectivity index (χ3n) is 3.61. The first-order valence-electron chi connectivity index (χ1n) is 7.76. The van der Waals surface area contributed by atoms with Crippen LogP contribution in [0, 0.1) is 5.92 Å². The Morgan fingerprint density at radius 3 is 2.27 bits per heavy atom. The van der Waals surface area contributed by atoms with Gasteiger partial charge >= 0.3 is 5.97 Å². The zero-order chi connectivity index (χ0) is 15.9. The van der Waals surface area contributed by atoms with Crippen LogP contribution in [0.4, 0.5) is 0 Å². The average Bonchev–Trinajstić information content (AvgIpc) is 2.53. The Balaban J connectivity index is 1.92. The van der Waals surface area contributed by atoms with E-state index in [1.165, 1.54) is 5.56 Å². The first-order chi connectivity index (χ1) is 10.6. The minimum absolute atomic E-state index is 0.201. The fraction of sp³-hybridized carbons (Fsp3) is 0.368. The molecule has 0 bridgehead atoms. The summed E-state index contributed by atoms with van der Waals surface area (Å²) in [7, 11) is 0. The normalized spacial score (nSPS) is 12.2. The van der Waals surface area contributed by atoms with Crippen LogP contribution < -0.4 is 4.57 Å². The largest absolute Gasteiger partial charge is 0.404 e. The molecule has 22 heavy (non-hydrogen) atoms. The van der Waals surface area contributed by atoms with Crippen molar-refractivity contribution < 1.29 is 14.1 Å². The molecule has 1 aromatic heterocycles. The molecule has 0 aliphatic heterocycles. The molecule has 0 N–H and O–H groups in total. The summed E-state index contributed by atoms with van der Waals surface area (Å²) in [6.45, 7) is 6.54. The molecule has 3 nitrogen and oxygen atoms in total. The number of ether oxygens (including phenoxy) is 1. The van der Waals surface area contributed by atoms with E-state index in [1.54, 1.807) is 0 Å². The van der Waals surface area contributed by atoms with Gasteiger partial charge in [-0.25, -0.2) is 0 Å². The van der Waals surface area contributed by atoms with Crippen molar-refractivity contribution in [1.29, 1.82) is 0 Å². The van der Waals surface area contributed by atoms with E-state index in [2.05, 4.69) is 26.0 Å². The number of rotatable bonds is 6. The van der Waals surface area contributed by atoms with Gasteiger partial charge in [-0.3, -0.25) is 4.79 Å². The summed E-state index contributed by atoms with van der Waals surface area (Å²) in [4.78, 5) is 12.1. The van der Waals surface area contributed by atoms with Gasteiger partial charge in [-0.05, 0) is 30.4 Å². The van der Waals surface area contributed by atoms with E-state index >= 15 is 0 Å². The number of esters is 1. The molecular formula is C19H24NO2+. The molecule has 3 heteroatoms. The van der Waals surface area contributed by atoms with Crippen LogP contribution in [-0.2, 0) is 22.7 Å². The Labute approximate surface area is 132 Å². The van der Waals surface area contributed by atoms with Crippen LogP contribution in [-0.4, -0.2) is 5.97 Å². The van der Waals surface area contributed by atoms with E-state index in [0.29, 0.717) is 5.92 Å². The topological polar surface area (TPSA) is 30.2 Å². The molecular weight excluding hydrogens is 274 g/mol. The number of hydrogen-bond donors (Lipinski definition) is 0. The standard InChI is InChI=1S/C19H24NO2/c1-15(2)13-17-7-9-18(10-8-17)16(3)19(21)22-14-20-11-5-4-6-12-20/h4-12,15-16H,13-14H2,1-3H3/q+1/t16-/m0/s1. The third kappa shape index (κ3) is 4.69. The van der Waals surface area contributed by atoms with Gasteiger partial charge in [0.15, 0.2) is 12.4 Å². The van der Waals surface area contributed by atoms with Crippen LogP contribution in [0.2, 0.25) is 0 Å². The summed E-state index contributed by atoms with van der Waals surface area (Å²) in [6.07, 6.45) is 4.81. The molecule has 1 atom stereocenters. The van der Waals surface area contributed by atoms with Crippen molar-refractivity contribution in [2.24, 2.45) is 5.92 Å². The highest BCUT2D eigenvalue weighted by Crippen LogP contribution is 2.18. The van der Waals surface area contributed by atoms with Crippen LogP contribution in [0.15, 0.2) is 54.9 Å². The lowest BCUT2D eigenvalue weighted by atomic mass is 9.97. The SMILES string of the molecule is CC(C)Cc1ccc([C@H](C)C(=O)OC[n+]2ccccc2)cc1. The molecule has 0 fully saturated rings. The highest BCUT2D eigenvalue weighted by Gasteiger charge is 2.18. The van der Waals surface area contributed by atoms with E-state index < -0.39 is 0 Å². The van der Waals surface area contributed by atoms with Crippen molar-refractivity contribution >= 4 is 5.97 Å². The van der Waals surface area contributed by atoms with Crippen molar-refractivity contribution in [3.63, 3.8) is 0 Å². The fourth-order valence-corrected chi connectivity index (χ4v) is 2.33. The van der Waals surface area contributed by atoms with Crippen LogP contribution >= 0.6 is 0 Å². The molecule has 2 aromatic rings. The quantitative estimate of drug-likeness (QED) is 0.604. The van der Waals surface area contributed by atoms with E-state index in [0.717, 1.165) is 12.0 Å². The Morgan fingerprint density at radius 2 is 1.68 bits per heavy atom. The van der Waals surface area contributed by atoms with Crippen molar-refractivity contribution in [2.45, 2.75) is 39.8 Å². The number of carbonyl (C=O) groups is 1. The highest BCUT2D eigenvalue weighted by atomic mass is 16.5. The number of benzene rings is 1. The van der Waals surface area contributed by atoms with Crippen LogP contribution in [0.3, 0.4) is 0 Å². The molecule has 1 aromatic carbocycles. The molecule has 0 aliphatic rings. The van der Waals surface area contributed by atoms with E-state index in [4.69, 9.17) is 4.74 Å². The Morgan fingerprint density at radius 1 is 1.05 bits per heavy atom. The molecule has 0 radical (unpaired) electrons. The van der Waals surface area contributed by atoms with Crippen LogP contribution in [0.25, 0.3) is 0 Å². The maximum Gasteiger partial charge on any atom is 0.317 e. The van der Waals surface area contributed by atoms with Crippen molar-refractivity contribution in [2.75, 3.05) is 0 Å². The highest BCUT2D eigenvalue weighted by molar-refractivity contribution is 5.77. The monoisotopic (exact) mass is 298 g/mol. The number of pyridine rings is 1. The Kier molecular flexibility index (Phi) is 5.70. The van der Waals surface area contributed by atoms with Gasteiger partial charge in [0, 0.05) is 12.1 Å². The Bertz CT molecular complexity index is 591. The summed E-state index contributed by atoms with van der Waals surface area (Å²) in [5.41, 5.74) is 2.30. The van der Waals surface area contributed by atoms with Gasteiger partial charge in [-0.2, -0.15) is 4.57 Å². The lowest BCUT2D eigenvalue weighted by Crippen LogP contribution is -2.35. The molecule has 0 unspecified atom stereocenters. The second kappa shape index (κ2) is 7.74. The van der Waals surface area contributed by atoms with Crippen molar-refractivity contribution in [1.82, 2.24) is 0 Å². The average molecular weight is 298 g/mol. The third-order valence-corrected chi connectivity index (χ3v) is 3.61. The number of aromatic nitrogens is 1. The zero-order valence-electron chi connectivity index (χ0n) is 13.5. The van der Waals surface area contributed by atoms with E-state index in [9.17, 15) is 4.79 Å². The number of nitrogens with zero attached hydrogens (tertiary/aromatic N) is 1. The van der Waals surface area contributed by atoms with E-state index in [-0.39, 0.29) is 18.6 Å². The predicted molar refractivity (Wildman–Crippen MR) is 86.1 cm³/mol. The predicted octanol–water partition coefficient (Wildman–Crippen LogP) is 3.48. The van der Waals surface area contributed by atoms with Gasteiger partial charge in [-0.15, -0.1) is 0 Å². The minimum Gasteiger partial charge on any atom is -0.404 e. The van der Waals surface area contributed by atoms with E-state index in [1.807, 2.05) is 54.2 Å². The summed E-state index contributed by atoms with van der Waals surface area (Å²) < 4.78 is 7.19.